The highest BCUT2D eigenvalue weighted by Gasteiger charge is 2.15. The van der Waals surface area contributed by atoms with E-state index in [1.54, 1.807) is 32.2 Å². The third-order valence-electron chi connectivity index (χ3n) is 3.23. The van der Waals surface area contributed by atoms with Crippen molar-refractivity contribution >= 4 is 15.9 Å². The molecule has 0 aliphatic rings. The van der Waals surface area contributed by atoms with Crippen LogP contribution >= 0.6 is 15.9 Å². The minimum Gasteiger partial charge on any atom is -0.496 e. The van der Waals surface area contributed by atoms with Gasteiger partial charge in [-0.1, -0.05) is 24.3 Å². The van der Waals surface area contributed by atoms with Gasteiger partial charge in [0.25, 0.3) is 0 Å². The fraction of sp³-hybridized carbons (Fsp3) is 0.250. The first-order chi connectivity index (χ1) is 9.52. The summed E-state index contributed by atoms with van der Waals surface area (Å²) < 4.78 is 19.9. The summed E-state index contributed by atoms with van der Waals surface area (Å²) in [5.41, 5.74) is 1.78. The first kappa shape index (κ1) is 15.0. The van der Waals surface area contributed by atoms with Gasteiger partial charge in [0.15, 0.2) is 0 Å². The summed E-state index contributed by atoms with van der Waals surface area (Å²) in [5.74, 6) is 0.387. The van der Waals surface area contributed by atoms with Crippen molar-refractivity contribution in [2.45, 2.75) is 19.4 Å². The number of rotatable bonds is 4. The zero-order valence-corrected chi connectivity index (χ0v) is 12.9. The van der Waals surface area contributed by atoms with Gasteiger partial charge >= 0.3 is 0 Å². The summed E-state index contributed by atoms with van der Waals surface area (Å²) in [6.07, 6.45) is -0.515. The fourth-order valence-electron chi connectivity index (χ4n) is 2.10. The van der Waals surface area contributed by atoms with Crippen molar-refractivity contribution in [1.29, 1.82) is 0 Å². The van der Waals surface area contributed by atoms with Crippen LogP contribution in [0.5, 0.6) is 5.75 Å². The van der Waals surface area contributed by atoms with Crippen LogP contribution in [0.4, 0.5) is 4.39 Å². The quantitative estimate of drug-likeness (QED) is 0.905. The van der Waals surface area contributed by atoms with E-state index in [9.17, 15) is 9.50 Å². The van der Waals surface area contributed by atoms with Crippen LogP contribution in [0.25, 0.3) is 0 Å². The van der Waals surface area contributed by atoms with Crippen molar-refractivity contribution in [3.8, 4) is 5.75 Å². The molecule has 2 rings (SSSR count). The Labute approximate surface area is 126 Å². The van der Waals surface area contributed by atoms with E-state index < -0.39 is 6.10 Å². The van der Waals surface area contributed by atoms with Gasteiger partial charge < -0.3 is 9.84 Å². The number of hydrogen-bond donors (Lipinski definition) is 1. The van der Waals surface area contributed by atoms with Gasteiger partial charge in [0.05, 0.1) is 17.7 Å². The van der Waals surface area contributed by atoms with Gasteiger partial charge in [-0.2, -0.15) is 0 Å². The predicted octanol–water partition coefficient (Wildman–Crippen LogP) is 4.18. The molecular formula is C16H16BrFO2. The number of hydrogen-bond acceptors (Lipinski definition) is 2. The largest absolute Gasteiger partial charge is 0.496 e. The maximum Gasteiger partial charge on any atom is 0.133 e. The standard InChI is InChI=1S/C16H16BrFO2/c1-10-4-3-5-12(16(10)18)14(19)9-11-6-7-15(20-2)13(17)8-11/h3-8,14,19H,9H2,1-2H3. The molecule has 0 radical (unpaired) electrons. The molecule has 2 aromatic rings. The van der Waals surface area contributed by atoms with Crippen LogP contribution in [0.15, 0.2) is 40.9 Å². The maximum atomic E-state index is 14.0. The first-order valence-electron chi connectivity index (χ1n) is 6.28. The Hall–Kier alpha value is -1.39. The molecule has 0 heterocycles. The van der Waals surface area contributed by atoms with E-state index in [4.69, 9.17) is 4.74 Å². The van der Waals surface area contributed by atoms with Gasteiger partial charge in [0.1, 0.15) is 11.6 Å². The Kier molecular flexibility index (Phi) is 4.78. The Morgan fingerprint density at radius 3 is 2.70 bits per heavy atom. The Morgan fingerprint density at radius 2 is 2.05 bits per heavy atom. The van der Waals surface area contributed by atoms with Crippen LogP contribution in [-0.2, 0) is 6.42 Å². The highest BCUT2D eigenvalue weighted by Crippen LogP contribution is 2.28. The summed E-state index contributed by atoms with van der Waals surface area (Å²) in [6.45, 7) is 1.69. The molecule has 0 aromatic heterocycles. The number of benzene rings is 2. The zero-order chi connectivity index (χ0) is 14.7. The third kappa shape index (κ3) is 3.19. The second kappa shape index (κ2) is 6.37. The smallest absolute Gasteiger partial charge is 0.133 e. The van der Waals surface area contributed by atoms with Crippen LogP contribution in [0.2, 0.25) is 0 Å². The normalized spacial score (nSPS) is 12.2. The van der Waals surface area contributed by atoms with E-state index in [0.717, 1.165) is 15.8 Å². The molecule has 1 unspecified atom stereocenters. The van der Waals surface area contributed by atoms with Gasteiger partial charge in [-0.15, -0.1) is 0 Å². The Bertz CT molecular complexity index is 613. The minimum absolute atomic E-state index is 0.331. The lowest BCUT2D eigenvalue weighted by atomic mass is 9.99. The number of methoxy groups -OCH3 is 1. The number of halogens is 2. The number of ether oxygens (including phenoxy) is 1. The second-order valence-corrected chi connectivity index (χ2v) is 5.52. The van der Waals surface area contributed by atoms with Crippen LogP contribution < -0.4 is 4.74 Å². The lowest BCUT2D eigenvalue weighted by Gasteiger charge is -2.14. The van der Waals surface area contributed by atoms with Crippen molar-refractivity contribution in [1.82, 2.24) is 0 Å². The summed E-state index contributed by atoms with van der Waals surface area (Å²) in [6, 6.07) is 10.6. The van der Waals surface area contributed by atoms with Gasteiger partial charge in [-0.05, 0) is 46.1 Å². The molecule has 0 fully saturated rings. The van der Waals surface area contributed by atoms with Crippen molar-refractivity contribution in [3.63, 3.8) is 0 Å². The molecule has 0 saturated heterocycles. The summed E-state index contributed by atoms with van der Waals surface area (Å²) >= 11 is 3.40. The van der Waals surface area contributed by atoms with Crippen LogP contribution in [-0.4, -0.2) is 12.2 Å². The molecule has 2 nitrogen and oxygen atoms in total. The monoisotopic (exact) mass is 338 g/mol. The molecular weight excluding hydrogens is 323 g/mol. The van der Waals surface area contributed by atoms with Gasteiger partial charge in [0, 0.05) is 12.0 Å². The van der Waals surface area contributed by atoms with Crippen molar-refractivity contribution in [2.24, 2.45) is 0 Å². The molecule has 20 heavy (non-hydrogen) atoms. The van der Waals surface area contributed by atoms with Crippen molar-refractivity contribution in [3.05, 3.63) is 63.4 Å². The molecule has 1 N–H and O–H groups in total. The van der Waals surface area contributed by atoms with E-state index in [2.05, 4.69) is 15.9 Å². The molecule has 0 bridgehead atoms. The molecule has 0 spiro atoms. The van der Waals surface area contributed by atoms with Crippen molar-refractivity contribution in [2.75, 3.05) is 7.11 Å². The van der Waals surface area contributed by atoms with Gasteiger partial charge in [-0.3, -0.25) is 0 Å². The predicted molar refractivity (Wildman–Crippen MR) is 80.5 cm³/mol. The topological polar surface area (TPSA) is 29.5 Å². The number of aliphatic hydroxyl groups excluding tert-OH is 1. The highest BCUT2D eigenvalue weighted by molar-refractivity contribution is 9.10. The molecule has 0 amide bonds. The van der Waals surface area contributed by atoms with Crippen LogP contribution in [0.3, 0.4) is 0 Å². The highest BCUT2D eigenvalue weighted by atomic mass is 79.9. The number of aryl methyl sites for hydroxylation is 1. The Balaban J connectivity index is 2.21. The van der Waals surface area contributed by atoms with Gasteiger partial charge in [-0.25, -0.2) is 4.39 Å². The minimum atomic E-state index is -0.866. The van der Waals surface area contributed by atoms with E-state index in [1.165, 1.54) is 0 Å². The molecule has 0 aliphatic heterocycles. The lowest BCUT2D eigenvalue weighted by molar-refractivity contribution is 0.173. The molecule has 1 atom stereocenters. The van der Waals surface area contributed by atoms with E-state index in [1.807, 2.05) is 18.2 Å². The van der Waals surface area contributed by atoms with E-state index in [-0.39, 0.29) is 5.82 Å². The molecule has 2 aromatic carbocycles. The second-order valence-electron chi connectivity index (χ2n) is 4.67. The Morgan fingerprint density at radius 1 is 1.30 bits per heavy atom. The van der Waals surface area contributed by atoms with E-state index >= 15 is 0 Å². The average Bonchev–Trinajstić information content (AvgIpc) is 2.42. The summed E-state index contributed by atoms with van der Waals surface area (Å²) in [4.78, 5) is 0. The van der Waals surface area contributed by atoms with Crippen molar-refractivity contribution < 1.29 is 14.2 Å². The maximum absolute atomic E-state index is 14.0. The van der Waals surface area contributed by atoms with Crippen LogP contribution in [0.1, 0.15) is 22.8 Å². The van der Waals surface area contributed by atoms with Crippen LogP contribution in [0, 0.1) is 12.7 Å². The molecule has 106 valence electrons. The molecule has 0 aliphatic carbocycles. The van der Waals surface area contributed by atoms with E-state index in [0.29, 0.717) is 17.5 Å². The molecule has 4 heteroatoms. The molecule has 0 saturated carbocycles. The number of aliphatic hydroxyl groups is 1. The fourth-order valence-corrected chi connectivity index (χ4v) is 2.69. The van der Waals surface area contributed by atoms with Gasteiger partial charge in [0.2, 0.25) is 0 Å². The third-order valence-corrected chi connectivity index (χ3v) is 3.85. The summed E-state index contributed by atoms with van der Waals surface area (Å²) in [5, 5.41) is 10.2. The lowest BCUT2D eigenvalue weighted by Crippen LogP contribution is -2.05. The average molecular weight is 339 g/mol. The first-order valence-corrected chi connectivity index (χ1v) is 7.07. The summed E-state index contributed by atoms with van der Waals surface area (Å²) in [7, 11) is 1.59. The SMILES string of the molecule is COc1ccc(CC(O)c2cccc(C)c2F)cc1Br. The zero-order valence-electron chi connectivity index (χ0n) is 11.4.